The van der Waals surface area contributed by atoms with E-state index in [0.717, 1.165) is 6.20 Å². The lowest BCUT2D eigenvalue weighted by Crippen LogP contribution is -2.00. The molecule has 1 N–H and O–H groups in total. The number of hydrogen-bond acceptors (Lipinski definition) is 5. The quantitative estimate of drug-likeness (QED) is 0.467. The van der Waals surface area contributed by atoms with E-state index in [-0.39, 0.29) is 11.4 Å². The van der Waals surface area contributed by atoms with Gasteiger partial charge in [-0.05, 0) is 6.07 Å². The fourth-order valence-corrected chi connectivity index (χ4v) is 1.32. The van der Waals surface area contributed by atoms with Crippen LogP contribution in [-0.2, 0) is 4.74 Å². The van der Waals surface area contributed by atoms with Crippen LogP contribution >= 0.6 is 0 Å². The first kappa shape index (κ1) is 10.1. The van der Waals surface area contributed by atoms with E-state index >= 15 is 0 Å². The lowest BCUT2D eigenvalue weighted by atomic mass is 10.3. The lowest BCUT2D eigenvalue weighted by Gasteiger charge is -1.92. The van der Waals surface area contributed by atoms with Crippen molar-refractivity contribution in [3.63, 3.8) is 0 Å². The molecule has 16 heavy (non-hydrogen) atoms. The Morgan fingerprint density at radius 3 is 2.94 bits per heavy atom. The van der Waals surface area contributed by atoms with Crippen LogP contribution in [0.4, 0.5) is 5.69 Å². The van der Waals surface area contributed by atoms with Crippen molar-refractivity contribution in [2.24, 2.45) is 0 Å². The van der Waals surface area contributed by atoms with Gasteiger partial charge in [0.15, 0.2) is 0 Å². The van der Waals surface area contributed by atoms with Crippen LogP contribution in [0.2, 0.25) is 0 Å². The van der Waals surface area contributed by atoms with E-state index < -0.39 is 10.9 Å². The topological polar surface area (TPSA) is 98.1 Å². The van der Waals surface area contributed by atoms with Crippen LogP contribution < -0.4 is 0 Å². The average Bonchev–Trinajstić information content (AvgIpc) is 2.70. The van der Waals surface area contributed by atoms with Gasteiger partial charge < -0.3 is 9.72 Å². The number of esters is 1. The van der Waals surface area contributed by atoms with Crippen molar-refractivity contribution < 1.29 is 14.5 Å². The van der Waals surface area contributed by atoms with Crippen molar-refractivity contribution in [3.8, 4) is 0 Å². The highest BCUT2D eigenvalue weighted by molar-refractivity contribution is 5.93. The molecular weight excluding hydrogens is 214 g/mol. The number of H-pyrrole nitrogens is 1. The van der Waals surface area contributed by atoms with Crippen molar-refractivity contribution in [2.75, 3.05) is 7.11 Å². The number of aromatic amines is 1. The summed E-state index contributed by atoms with van der Waals surface area (Å²) in [6, 6.07) is 2.79. The molecule has 82 valence electrons. The third-order valence-corrected chi connectivity index (χ3v) is 2.07. The van der Waals surface area contributed by atoms with E-state index in [9.17, 15) is 14.9 Å². The molecule has 2 rings (SSSR count). The minimum Gasteiger partial charge on any atom is -0.464 e. The molecule has 0 radical (unpaired) electrons. The molecule has 0 aromatic carbocycles. The molecular formula is C9H7N3O4. The van der Waals surface area contributed by atoms with Crippen molar-refractivity contribution in [2.45, 2.75) is 0 Å². The molecule has 7 heteroatoms. The Hall–Kier alpha value is -2.44. The molecule has 0 bridgehead atoms. The number of ether oxygens (including phenoxy) is 1. The van der Waals surface area contributed by atoms with E-state index in [1.165, 1.54) is 19.2 Å². The zero-order chi connectivity index (χ0) is 11.7. The van der Waals surface area contributed by atoms with E-state index in [2.05, 4.69) is 14.7 Å². The Morgan fingerprint density at radius 1 is 1.56 bits per heavy atom. The largest absolute Gasteiger partial charge is 0.464 e. The van der Waals surface area contributed by atoms with Gasteiger partial charge in [-0.3, -0.25) is 10.1 Å². The Labute approximate surface area is 89.2 Å². The van der Waals surface area contributed by atoms with E-state index in [4.69, 9.17) is 0 Å². The highest BCUT2D eigenvalue weighted by atomic mass is 16.6. The van der Waals surface area contributed by atoms with Gasteiger partial charge in [0.2, 0.25) is 0 Å². The highest BCUT2D eigenvalue weighted by Gasteiger charge is 2.13. The number of carbonyl (C=O) groups excluding carboxylic acids is 1. The molecule has 0 aliphatic heterocycles. The van der Waals surface area contributed by atoms with Crippen LogP contribution in [-0.4, -0.2) is 28.0 Å². The summed E-state index contributed by atoms with van der Waals surface area (Å²) in [4.78, 5) is 27.7. The smallest absolute Gasteiger partial charge is 0.354 e. The number of aromatic nitrogens is 2. The van der Waals surface area contributed by atoms with Crippen LogP contribution in [0.15, 0.2) is 18.3 Å². The van der Waals surface area contributed by atoms with Gasteiger partial charge in [0, 0.05) is 6.07 Å². The van der Waals surface area contributed by atoms with Crippen LogP contribution in [0.5, 0.6) is 0 Å². The maximum absolute atomic E-state index is 11.2. The minimum absolute atomic E-state index is 0.134. The van der Waals surface area contributed by atoms with E-state index in [0.29, 0.717) is 11.0 Å². The zero-order valence-corrected chi connectivity index (χ0v) is 8.26. The number of nitrogens with one attached hydrogen (secondary N) is 1. The summed E-state index contributed by atoms with van der Waals surface area (Å²) in [6.45, 7) is 0. The molecule has 0 spiro atoms. The predicted molar refractivity (Wildman–Crippen MR) is 54.1 cm³/mol. The van der Waals surface area contributed by atoms with Gasteiger partial charge in [-0.1, -0.05) is 0 Å². The molecule has 0 saturated carbocycles. The second-order valence-corrected chi connectivity index (χ2v) is 3.06. The number of carbonyl (C=O) groups is 1. The fraction of sp³-hybridized carbons (Fsp3) is 0.111. The van der Waals surface area contributed by atoms with E-state index in [1.807, 2.05) is 0 Å². The Kier molecular flexibility index (Phi) is 2.28. The molecule has 0 unspecified atom stereocenters. The number of hydrogen-bond donors (Lipinski definition) is 1. The first-order valence-corrected chi connectivity index (χ1v) is 4.33. The monoisotopic (exact) mass is 221 g/mol. The zero-order valence-electron chi connectivity index (χ0n) is 8.26. The molecule has 0 aliphatic rings. The number of rotatable bonds is 2. The maximum Gasteiger partial charge on any atom is 0.354 e. The second-order valence-electron chi connectivity index (χ2n) is 3.06. The standard InChI is InChI=1S/C9H7N3O4/c1-16-9(13)8-3-6-7(11-8)2-5(4-10-6)12(14)15/h2-4,11H,1H3. The summed E-state index contributed by atoms with van der Waals surface area (Å²) in [5, 5.41) is 10.5. The van der Waals surface area contributed by atoms with Crippen molar-refractivity contribution in [3.05, 3.63) is 34.1 Å². The van der Waals surface area contributed by atoms with Gasteiger partial charge in [-0.15, -0.1) is 0 Å². The first-order chi connectivity index (χ1) is 7.61. The van der Waals surface area contributed by atoms with Gasteiger partial charge in [0.1, 0.15) is 11.9 Å². The Bertz CT molecular complexity index is 575. The summed E-state index contributed by atoms with van der Waals surface area (Å²) >= 11 is 0. The molecule has 2 heterocycles. The SMILES string of the molecule is COC(=O)c1cc2ncc([N+](=O)[O-])cc2[nH]1. The number of fused-ring (bicyclic) bond motifs is 1. The summed E-state index contributed by atoms with van der Waals surface area (Å²) < 4.78 is 4.51. The minimum atomic E-state index is -0.551. The maximum atomic E-state index is 11.2. The van der Waals surface area contributed by atoms with Crippen LogP contribution in [0, 0.1) is 10.1 Å². The summed E-state index contributed by atoms with van der Waals surface area (Å²) in [5.74, 6) is -0.541. The third-order valence-electron chi connectivity index (χ3n) is 2.07. The molecule has 0 fully saturated rings. The van der Waals surface area contributed by atoms with Gasteiger partial charge in [0.05, 0.1) is 23.1 Å². The molecule has 0 saturated heterocycles. The first-order valence-electron chi connectivity index (χ1n) is 4.33. The number of methoxy groups -OCH3 is 1. The summed E-state index contributed by atoms with van der Waals surface area (Å²) in [6.07, 6.45) is 1.14. The third kappa shape index (κ3) is 1.58. The number of nitrogens with zero attached hydrogens (tertiary/aromatic N) is 2. The van der Waals surface area contributed by atoms with Crippen molar-refractivity contribution >= 4 is 22.7 Å². The van der Waals surface area contributed by atoms with Crippen molar-refractivity contribution in [1.29, 1.82) is 0 Å². The van der Waals surface area contributed by atoms with Crippen LogP contribution in [0.3, 0.4) is 0 Å². The molecule has 2 aromatic heterocycles. The normalized spacial score (nSPS) is 10.3. The molecule has 0 aliphatic carbocycles. The number of pyridine rings is 1. The number of nitro groups is 1. The van der Waals surface area contributed by atoms with Gasteiger partial charge >= 0.3 is 5.97 Å². The lowest BCUT2D eigenvalue weighted by molar-refractivity contribution is -0.385. The Balaban J connectivity index is 2.54. The highest BCUT2D eigenvalue weighted by Crippen LogP contribution is 2.18. The Morgan fingerprint density at radius 2 is 2.31 bits per heavy atom. The fourth-order valence-electron chi connectivity index (χ4n) is 1.32. The van der Waals surface area contributed by atoms with E-state index in [1.54, 1.807) is 0 Å². The predicted octanol–water partition coefficient (Wildman–Crippen LogP) is 1.26. The molecule has 2 aromatic rings. The summed E-state index contributed by atoms with van der Waals surface area (Å²) in [7, 11) is 1.25. The van der Waals surface area contributed by atoms with Gasteiger partial charge in [0.25, 0.3) is 5.69 Å². The second kappa shape index (κ2) is 3.61. The van der Waals surface area contributed by atoms with Gasteiger partial charge in [-0.2, -0.15) is 0 Å². The molecule has 7 nitrogen and oxygen atoms in total. The van der Waals surface area contributed by atoms with Crippen LogP contribution in [0.1, 0.15) is 10.5 Å². The summed E-state index contributed by atoms with van der Waals surface area (Å²) in [5.41, 5.74) is 0.983. The molecule has 0 amide bonds. The average molecular weight is 221 g/mol. The van der Waals surface area contributed by atoms with Crippen molar-refractivity contribution in [1.82, 2.24) is 9.97 Å². The van der Waals surface area contributed by atoms with Crippen LogP contribution in [0.25, 0.3) is 11.0 Å². The van der Waals surface area contributed by atoms with Gasteiger partial charge in [-0.25, -0.2) is 9.78 Å². The molecule has 0 atom stereocenters.